The molecular formula is C14H22N2O3S. The molecule has 1 aromatic heterocycles. The maximum atomic E-state index is 11.8. The molecule has 1 heterocycles. The summed E-state index contributed by atoms with van der Waals surface area (Å²) in [4.78, 5) is 27.6. The van der Waals surface area contributed by atoms with E-state index in [-0.39, 0.29) is 11.9 Å². The van der Waals surface area contributed by atoms with E-state index in [0.717, 1.165) is 31.4 Å². The van der Waals surface area contributed by atoms with Crippen LogP contribution in [0.25, 0.3) is 0 Å². The SMILES string of the molecule is CCOC(=O)CCCCCCNC(=O)c1scnc1C. The Morgan fingerprint density at radius 1 is 1.30 bits per heavy atom. The summed E-state index contributed by atoms with van der Waals surface area (Å²) in [5.41, 5.74) is 2.46. The fraction of sp³-hybridized carbons (Fsp3) is 0.643. The van der Waals surface area contributed by atoms with Gasteiger partial charge in [-0.15, -0.1) is 11.3 Å². The smallest absolute Gasteiger partial charge is 0.305 e. The maximum absolute atomic E-state index is 11.8. The number of ether oxygens (including phenoxy) is 1. The Labute approximate surface area is 123 Å². The molecule has 0 spiro atoms. The summed E-state index contributed by atoms with van der Waals surface area (Å²) in [6.07, 6.45) is 4.24. The van der Waals surface area contributed by atoms with Crippen molar-refractivity contribution in [3.05, 3.63) is 16.1 Å². The van der Waals surface area contributed by atoms with E-state index in [1.165, 1.54) is 11.3 Å². The highest BCUT2D eigenvalue weighted by Gasteiger charge is 2.10. The summed E-state index contributed by atoms with van der Waals surface area (Å²) < 4.78 is 4.85. The van der Waals surface area contributed by atoms with Crippen molar-refractivity contribution in [3.8, 4) is 0 Å². The molecule has 1 N–H and O–H groups in total. The number of nitrogens with one attached hydrogen (secondary N) is 1. The van der Waals surface area contributed by atoms with Gasteiger partial charge in [-0.05, 0) is 26.7 Å². The first kappa shape index (κ1) is 16.6. The van der Waals surface area contributed by atoms with Crippen LogP contribution in [0.3, 0.4) is 0 Å². The molecule has 0 aromatic carbocycles. The Morgan fingerprint density at radius 2 is 2.05 bits per heavy atom. The van der Waals surface area contributed by atoms with E-state index in [1.54, 1.807) is 5.51 Å². The second-order valence-electron chi connectivity index (χ2n) is 4.49. The van der Waals surface area contributed by atoms with Gasteiger partial charge < -0.3 is 10.1 Å². The average Bonchev–Trinajstić information content (AvgIpc) is 2.84. The number of aryl methyl sites for hydroxylation is 1. The lowest BCUT2D eigenvalue weighted by molar-refractivity contribution is -0.143. The molecule has 112 valence electrons. The lowest BCUT2D eigenvalue weighted by atomic mass is 10.1. The van der Waals surface area contributed by atoms with Gasteiger partial charge in [-0.25, -0.2) is 4.98 Å². The molecule has 0 bridgehead atoms. The number of unbranched alkanes of at least 4 members (excludes halogenated alkanes) is 3. The van der Waals surface area contributed by atoms with Gasteiger partial charge in [0.15, 0.2) is 0 Å². The van der Waals surface area contributed by atoms with Crippen LogP contribution < -0.4 is 5.32 Å². The fourth-order valence-electron chi connectivity index (χ4n) is 1.78. The lowest BCUT2D eigenvalue weighted by Gasteiger charge is -2.04. The summed E-state index contributed by atoms with van der Waals surface area (Å²) in [5.74, 6) is -0.169. The quantitative estimate of drug-likeness (QED) is 0.562. The Balaban J connectivity index is 2.01. The van der Waals surface area contributed by atoms with E-state index in [2.05, 4.69) is 10.3 Å². The first-order chi connectivity index (χ1) is 9.65. The highest BCUT2D eigenvalue weighted by Crippen LogP contribution is 2.11. The van der Waals surface area contributed by atoms with Crippen molar-refractivity contribution in [2.45, 2.75) is 46.0 Å². The number of amides is 1. The highest BCUT2D eigenvalue weighted by atomic mass is 32.1. The van der Waals surface area contributed by atoms with Crippen LogP contribution >= 0.6 is 11.3 Å². The second-order valence-corrected chi connectivity index (χ2v) is 5.35. The van der Waals surface area contributed by atoms with Crippen LogP contribution in [0, 0.1) is 6.92 Å². The van der Waals surface area contributed by atoms with E-state index in [9.17, 15) is 9.59 Å². The topological polar surface area (TPSA) is 68.3 Å². The first-order valence-electron chi connectivity index (χ1n) is 6.99. The van der Waals surface area contributed by atoms with Crippen LogP contribution in [0.2, 0.25) is 0 Å². The van der Waals surface area contributed by atoms with Crippen molar-refractivity contribution in [2.75, 3.05) is 13.2 Å². The van der Waals surface area contributed by atoms with Gasteiger partial charge in [0.05, 0.1) is 17.8 Å². The Morgan fingerprint density at radius 3 is 2.70 bits per heavy atom. The maximum Gasteiger partial charge on any atom is 0.305 e. The number of hydrogen-bond donors (Lipinski definition) is 1. The van der Waals surface area contributed by atoms with Crippen molar-refractivity contribution in [2.24, 2.45) is 0 Å². The van der Waals surface area contributed by atoms with Gasteiger partial charge in [0.25, 0.3) is 5.91 Å². The van der Waals surface area contributed by atoms with Crippen molar-refractivity contribution in [1.29, 1.82) is 0 Å². The number of rotatable bonds is 9. The van der Waals surface area contributed by atoms with Gasteiger partial charge >= 0.3 is 5.97 Å². The Bertz CT molecular complexity index is 432. The molecule has 0 aliphatic carbocycles. The number of hydrogen-bond acceptors (Lipinski definition) is 5. The number of esters is 1. The molecule has 0 fully saturated rings. The summed E-state index contributed by atoms with van der Waals surface area (Å²) in [6.45, 7) is 4.75. The normalized spacial score (nSPS) is 10.3. The number of carbonyl (C=O) groups excluding carboxylic acids is 2. The standard InChI is InChI=1S/C14H22N2O3S/c1-3-19-12(17)8-6-4-5-7-9-15-14(18)13-11(2)16-10-20-13/h10H,3-9H2,1-2H3,(H,15,18). The number of nitrogens with zero attached hydrogens (tertiary/aromatic N) is 1. The van der Waals surface area contributed by atoms with Crippen LogP contribution in [0.1, 0.15) is 54.4 Å². The van der Waals surface area contributed by atoms with E-state index in [0.29, 0.717) is 24.4 Å². The molecule has 6 heteroatoms. The van der Waals surface area contributed by atoms with Gasteiger partial charge in [0, 0.05) is 13.0 Å². The summed E-state index contributed by atoms with van der Waals surface area (Å²) in [7, 11) is 0. The second kappa shape index (κ2) is 9.47. The predicted octanol–water partition coefficient (Wildman–Crippen LogP) is 2.69. The largest absolute Gasteiger partial charge is 0.466 e. The third-order valence-corrected chi connectivity index (χ3v) is 3.78. The molecule has 0 unspecified atom stereocenters. The van der Waals surface area contributed by atoms with E-state index >= 15 is 0 Å². The number of aromatic nitrogens is 1. The van der Waals surface area contributed by atoms with E-state index < -0.39 is 0 Å². The molecule has 1 aromatic rings. The Hall–Kier alpha value is -1.43. The van der Waals surface area contributed by atoms with Crippen LogP contribution in [0.15, 0.2) is 5.51 Å². The van der Waals surface area contributed by atoms with Crippen LogP contribution in [0.5, 0.6) is 0 Å². The molecule has 0 saturated carbocycles. The minimum atomic E-state index is -0.124. The molecular weight excluding hydrogens is 276 g/mol. The molecule has 20 heavy (non-hydrogen) atoms. The van der Waals surface area contributed by atoms with Crippen LogP contribution in [0.4, 0.5) is 0 Å². The van der Waals surface area contributed by atoms with Crippen LogP contribution in [-0.2, 0) is 9.53 Å². The first-order valence-corrected chi connectivity index (χ1v) is 7.87. The Kier molecular flexibility index (Phi) is 7.87. The van der Waals surface area contributed by atoms with Gasteiger partial charge in [0.2, 0.25) is 0 Å². The lowest BCUT2D eigenvalue weighted by Crippen LogP contribution is -2.24. The summed E-state index contributed by atoms with van der Waals surface area (Å²) >= 11 is 1.36. The molecule has 0 saturated heterocycles. The third kappa shape index (κ3) is 6.14. The molecule has 0 aliphatic heterocycles. The number of thiazole rings is 1. The minimum absolute atomic E-state index is 0.0449. The molecule has 0 aliphatic rings. The van der Waals surface area contributed by atoms with E-state index in [4.69, 9.17) is 4.74 Å². The minimum Gasteiger partial charge on any atom is -0.466 e. The van der Waals surface area contributed by atoms with Crippen molar-refractivity contribution >= 4 is 23.2 Å². The molecule has 5 nitrogen and oxygen atoms in total. The van der Waals surface area contributed by atoms with E-state index in [1.807, 2.05) is 13.8 Å². The average molecular weight is 298 g/mol. The summed E-state index contributed by atoms with van der Waals surface area (Å²) in [5, 5.41) is 2.89. The fourth-order valence-corrected chi connectivity index (χ4v) is 2.50. The molecule has 0 radical (unpaired) electrons. The van der Waals surface area contributed by atoms with Crippen molar-refractivity contribution in [1.82, 2.24) is 10.3 Å². The van der Waals surface area contributed by atoms with Crippen molar-refractivity contribution < 1.29 is 14.3 Å². The van der Waals surface area contributed by atoms with Crippen molar-refractivity contribution in [3.63, 3.8) is 0 Å². The number of carbonyl (C=O) groups is 2. The summed E-state index contributed by atoms with van der Waals surface area (Å²) in [6, 6.07) is 0. The van der Waals surface area contributed by atoms with Gasteiger partial charge in [-0.2, -0.15) is 0 Å². The zero-order valence-corrected chi connectivity index (χ0v) is 12.9. The molecule has 1 rings (SSSR count). The highest BCUT2D eigenvalue weighted by molar-refractivity contribution is 7.11. The third-order valence-electron chi connectivity index (χ3n) is 2.85. The van der Waals surface area contributed by atoms with Gasteiger partial charge in [-0.3, -0.25) is 9.59 Å². The molecule has 1 amide bonds. The van der Waals surface area contributed by atoms with Gasteiger partial charge in [-0.1, -0.05) is 12.8 Å². The zero-order chi connectivity index (χ0) is 14.8. The van der Waals surface area contributed by atoms with Gasteiger partial charge in [0.1, 0.15) is 4.88 Å². The zero-order valence-electron chi connectivity index (χ0n) is 12.1. The monoisotopic (exact) mass is 298 g/mol. The van der Waals surface area contributed by atoms with Crippen LogP contribution in [-0.4, -0.2) is 30.0 Å². The molecule has 0 atom stereocenters. The predicted molar refractivity (Wildman–Crippen MR) is 78.9 cm³/mol.